The van der Waals surface area contributed by atoms with Crippen molar-refractivity contribution in [1.82, 2.24) is 4.57 Å². The smallest absolute Gasteiger partial charge is 0.256 e. The monoisotopic (exact) mass is 251 g/mol. The van der Waals surface area contributed by atoms with Crippen molar-refractivity contribution in [1.29, 1.82) is 0 Å². The molecular weight excluding hydrogens is 236 g/mol. The Kier molecular flexibility index (Phi) is 1.89. The molecule has 3 heteroatoms. The molecule has 94 valence electrons. The van der Waals surface area contributed by atoms with Gasteiger partial charge in [-0.1, -0.05) is 6.07 Å². The van der Waals surface area contributed by atoms with Gasteiger partial charge in [0.2, 0.25) is 0 Å². The Hall–Kier alpha value is -2.29. The van der Waals surface area contributed by atoms with Gasteiger partial charge in [0.15, 0.2) is 17.7 Å². The van der Waals surface area contributed by atoms with Gasteiger partial charge in [0, 0.05) is 19.3 Å². The van der Waals surface area contributed by atoms with Crippen molar-refractivity contribution in [3.63, 3.8) is 0 Å². The fraction of sp³-hybridized carbons (Fsp3) is 0.188. The second kappa shape index (κ2) is 3.38. The Bertz CT molecular complexity index is 830. The van der Waals surface area contributed by atoms with Crippen LogP contribution in [0.1, 0.15) is 5.56 Å². The lowest BCUT2D eigenvalue weighted by atomic mass is 9.97. The van der Waals surface area contributed by atoms with E-state index in [1.807, 2.05) is 12.1 Å². The van der Waals surface area contributed by atoms with Crippen molar-refractivity contribution < 1.29 is 9.30 Å². The zero-order chi connectivity index (χ0) is 13.1. The summed E-state index contributed by atoms with van der Waals surface area (Å²) in [6.45, 7) is 2.16. The molecule has 0 radical (unpaired) electrons. The third-order valence-electron chi connectivity index (χ3n) is 3.93. The maximum absolute atomic E-state index is 6.06. The van der Waals surface area contributed by atoms with Gasteiger partial charge in [0.05, 0.1) is 16.5 Å². The van der Waals surface area contributed by atoms with Crippen molar-refractivity contribution in [3.8, 4) is 22.8 Å². The Morgan fingerprint density at radius 2 is 2.00 bits per heavy atom. The lowest BCUT2D eigenvalue weighted by Gasteiger charge is -2.16. The zero-order valence-corrected chi connectivity index (χ0v) is 11.3. The summed E-state index contributed by atoms with van der Waals surface area (Å²) in [6.07, 6.45) is 4.12. The number of fused-ring (bicyclic) bond motifs is 2. The molecule has 1 aromatic carbocycles. The summed E-state index contributed by atoms with van der Waals surface area (Å²) in [6, 6.07) is 8.39. The van der Waals surface area contributed by atoms with Gasteiger partial charge < -0.3 is 9.30 Å². The largest absolute Gasteiger partial charge is 0.448 e. The summed E-state index contributed by atoms with van der Waals surface area (Å²) in [7, 11) is 4.12. The minimum Gasteiger partial charge on any atom is -0.448 e. The van der Waals surface area contributed by atoms with Gasteiger partial charge in [-0.15, -0.1) is 0 Å². The molecule has 3 heterocycles. The lowest BCUT2D eigenvalue weighted by molar-refractivity contribution is -0.660. The zero-order valence-electron chi connectivity index (χ0n) is 11.3. The first-order valence-electron chi connectivity index (χ1n) is 6.42. The molecule has 0 unspecified atom stereocenters. The standard InChI is InChI=1S/C16H15N2O/c1-10-6-7-11-15-13(9-18(11)3)19-12-5-4-8-17(2)16(12)14(10)15/h4-9H,1-3H3/q+1. The topological polar surface area (TPSA) is 18.0 Å². The van der Waals surface area contributed by atoms with E-state index < -0.39 is 0 Å². The average molecular weight is 251 g/mol. The normalized spacial score (nSPS) is 12.4. The van der Waals surface area contributed by atoms with Gasteiger partial charge in [-0.05, 0) is 24.6 Å². The summed E-state index contributed by atoms with van der Waals surface area (Å²) < 4.78 is 10.3. The van der Waals surface area contributed by atoms with E-state index >= 15 is 0 Å². The molecule has 1 aliphatic heterocycles. The second-order valence-electron chi connectivity index (χ2n) is 5.19. The van der Waals surface area contributed by atoms with Crippen LogP contribution in [0.5, 0.6) is 11.5 Å². The van der Waals surface area contributed by atoms with Crippen LogP contribution in [0, 0.1) is 6.92 Å². The van der Waals surface area contributed by atoms with Gasteiger partial charge in [0.1, 0.15) is 7.05 Å². The van der Waals surface area contributed by atoms with Crippen LogP contribution in [0.25, 0.3) is 22.2 Å². The molecule has 0 saturated heterocycles. The molecule has 0 amide bonds. The average Bonchev–Trinajstić information content (AvgIpc) is 2.70. The minimum absolute atomic E-state index is 0.930. The van der Waals surface area contributed by atoms with Crippen LogP contribution in [0.4, 0.5) is 0 Å². The number of nitrogens with zero attached hydrogens (tertiary/aromatic N) is 2. The van der Waals surface area contributed by atoms with E-state index in [0.29, 0.717) is 0 Å². The molecule has 3 aromatic rings. The summed E-state index contributed by atoms with van der Waals surface area (Å²) in [5.41, 5.74) is 4.94. The van der Waals surface area contributed by atoms with Crippen LogP contribution in [-0.4, -0.2) is 4.57 Å². The van der Waals surface area contributed by atoms with E-state index in [4.69, 9.17) is 4.74 Å². The highest BCUT2D eigenvalue weighted by molar-refractivity contribution is 6.03. The van der Waals surface area contributed by atoms with Crippen LogP contribution in [0.2, 0.25) is 0 Å². The number of ether oxygens (including phenoxy) is 1. The number of aromatic nitrogens is 2. The van der Waals surface area contributed by atoms with E-state index in [0.717, 1.165) is 17.2 Å². The van der Waals surface area contributed by atoms with Crippen molar-refractivity contribution >= 4 is 10.9 Å². The van der Waals surface area contributed by atoms with E-state index in [1.54, 1.807) is 0 Å². The number of hydrogen-bond donors (Lipinski definition) is 0. The Balaban J connectivity index is 2.25. The van der Waals surface area contributed by atoms with Gasteiger partial charge in [0.25, 0.3) is 5.69 Å². The molecule has 0 atom stereocenters. The van der Waals surface area contributed by atoms with Crippen molar-refractivity contribution in [3.05, 3.63) is 42.2 Å². The number of aryl methyl sites for hydroxylation is 3. The maximum Gasteiger partial charge on any atom is 0.256 e. The highest BCUT2D eigenvalue weighted by atomic mass is 16.5. The molecule has 0 saturated carbocycles. The quantitative estimate of drug-likeness (QED) is 0.439. The van der Waals surface area contributed by atoms with Crippen LogP contribution in [0.15, 0.2) is 36.7 Å². The fourth-order valence-electron chi connectivity index (χ4n) is 3.02. The molecular formula is C16H15N2O+. The Labute approximate surface area is 111 Å². The van der Waals surface area contributed by atoms with Crippen molar-refractivity contribution in [2.45, 2.75) is 6.92 Å². The van der Waals surface area contributed by atoms with E-state index in [9.17, 15) is 0 Å². The molecule has 0 spiro atoms. The third-order valence-corrected chi connectivity index (χ3v) is 3.93. The van der Waals surface area contributed by atoms with E-state index in [2.05, 4.69) is 54.7 Å². The molecule has 19 heavy (non-hydrogen) atoms. The van der Waals surface area contributed by atoms with Crippen LogP contribution in [-0.2, 0) is 14.1 Å². The predicted octanol–water partition coefficient (Wildman–Crippen LogP) is 3.08. The first kappa shape index (κ1) is 10.6. The molecule has 0 N–H and O–H groups in total. The summed E-state index contributed by atoms with van der Waals surface area (Å²) in [5.74, 6) is 1.88. The SMILES string of the molecule is Cc1ccc2c3c(cn2C)Oc2ccc[n+](C)c2-c13. The van der Waals surface area contributed by atoms with Gasteiger partial charge in [-0.2, -0.15) is 4.57 Å². The van der Waals surface area contributed by atoms with Crippen LogP contribution < -0.4 is 9.30 Å². The number of rotatable bonds is 0. The first-order chi connectivity index (χ1) is 9.16. The molecule has 3 nitrogen and oxygen atoms in total. The van der Waals surface area contributed by atoms with Gasteiger partial charge in [-0.25, -0.2) is 0 Å². The molecule has 4 rings (SSSR count). The van der Waals surface area contributed by atoms with Crippen LogP contribution in [0.3, 0.4) is 0 Å². The molecule has 0 fully saturated rings. The number of hydrogen-bond acceptors (Lipinski definition) is 1. The maximum atomic E-state index is 6.06. The van der Waals surface area contributed by atoms with Crippen molar-refractivity contribution in [2.24, 2.45) is 14.1 Å². The van der Waals surface area contributed by atoms with Crippen LogP contribution >= 0.6 is 0 Å². The number of pyridine rings is 1. The lowest BCUT2D eigenvalue weighted by Crippen LogP contribution is -2.31. The van der Waals surface area contributed by atoms with Gasteiger partial charge >= 0.3 is 0 Å². The fourth-order valence-corrected chi connectivity index (χ4v) is 3.02. The van der Waals surface area contributed by atoms with E-state index in [1.165, 1.54) is 22.0 Å². The van der Waals surface area contributed by atoms with E-state index in [-0.39, 0.29) is 0 Å². The predicted molar refractivity (Wildman–Crippen MR) is 74.3 cm³/mol. The third kappa shape index (κ3) is 1.24. The number of benzene rings is 1. The Morgan fingerprint density at radius 1 is 1.16 bits per heavy atom. The highest BCUT2D eigenvalue weighted by Crippen LogP contribution is 2.46. The molecule has 2 aromatic heterocycles. The summed E-state index contributed by atoms with van der Waals surface area (Å²) in [4.78, 5) is 0. The minimum atomic E-state index is 0.930. The first-order valence-corrected chi connectivity index (χ1v) is 6.42. The van der Waals surface area contributed by atoms with Gasteiger partial charge in [-0.3, -0.25) is 0 Å². The van der Waals surface area contributed by atoms with Crippen molar-refractivity contribution in [2.75, 3.05) is 0 Å². The molecule has 1 aliphatic rings. The Morgan fingerprint density at radius 3 is 2.84 bits per heavy atom. The molecule has 0 bridgehead atoms. The summed E-state index contributed by atoms with van der Waals surface area (Å²) in [5, 5.41) is 1.22. The molecule has 0 aliphatic carbocycles. The summed E-state index contributed by atoms with van der Waals surface area (Å²) >= 11 is 0. The second-order valence-corrected chi connectivity index (χ2v) is 5.19. The highest BCUT2D eigenvalue weighted by Gasteiger charge is 2.29.